The second kappa shape index (κ2) is 6.74. The fourth-order valence-electron chi connectivity index (χ4n) is 2.16. The topological polar surface area (TPSA) is 79.4 Å². The molecule has 1 heterocycles. The normalized spacial score (nSPS) is 11.0. The van der Waals surface area contributed by atoms with Crippen LogP contribution in [-0.2, 0) is 0 Å². The van der Waals surface area contributed by atoms with Crippen molar-refractivity contribution in [1.29, 1.82) is 0 Å². The molecule has 0 aliphatic carbocycles. The monoisotopic (exact) mass is 308 g/mol. The summed E-state index contributed by atoms with van der Waals surface area (Å²) < 4.78 is 5.43. The van der Waals surface area contributed by atoms with E-state index in [1.54, 1.807) is 24.4 Å². The van der Waals surface area contributed by atoms with E-state index >= 15 is 0 Å². The van der Waals surface area contributed by atoms with Crippen molar-refractivity contribution in [3.8, 4) is 5.75 Å². The Morgan fingerprint density at radius 3 is 3.00 bits per heavy atom. The molecule has 3 rings (SSSR count). The quantitative estimate of drug-likeness (QED) is 0.561. The third-order valence-corrected chi connectivity index (χ3v) is 3.17. The van der Waals surface area contributed by atoms with E-state index in [0.717, 1.165) is 11.3 Å². The summed E-state index contributed by atoms with van der Waals surface area (Å²) in [5.74, 6) is 1.08. The number of hydrogen-bond acceptors (Lipinski definition) is 5. The Morgan fingerprint density at radius 2 is 2.13 bits per heavy atom. The molecule has 6 nitrogen and oxygen atoms in total. The number of nitrogens with one attached hydrogen (secondary N) is 2. The summed E-state index contributed by atoms with van der Waals surface area (Å²) in [6.45, 7) is 2.55. The number of benzene rings is 2. The number of H-pyrrole nitrogens is 1. The van der Waals surface area contributed by atoms with E-state index in [0.29, 0.717) is 23.5 Å². The highest BCUT2D eigenvalue weighted by molar-refractivity contribution is 5.81. The first-order valence-corrected chi connectivity index (χ1v) is 7.27. The minimum atomic E-state index is -0.202. The first kappa shape index (κ1) is 14.8. The van der Waals surface area contributed by atoms with Crippen molar-refractivity contribution in [2.45, 2.75) is 6.92 Å². The van der Waals surface area contributed by atoms with Crippen molar-refractivity contribution >= 4 is 23.1 Å². The number of fused-ring (bicyclic) bond motifs is 1. The number of para-hydroxylation sites is 1. The van der Waals surface area contributed by atoms with Crippen molar-refractivity contribution in [3.05, 3.63) is 64.4 Å². The lowest BCUT2D eigenvalue weighted by Crippen LogP contribution is -2.10. The summed E-state index contributed by atoms with van der Waals surface area (Å²) in [4.78, 5) is 18.9. The number of aromatic amines is 1. The minimum Gasteiger partial charge on any atom is -0.494 e. The van der Waals surface area contributed by atoms with Crippen LogP contribution in [0.15, 0.2) is 58.4 Å². The van der Waals surface area contributed by atoms with Gasteiger partial charge in [-0.05, 0) is 36.8 Å². The van der Waals surface area contributed by atoms with Crippen LogP contribution in [0.5, 0.6) is 5.75 Å². The maximum absolute atomic E-state index is 11.9. The average Bonchev–Trinajstić information content (AvgIpc) is 2.56. The van der Waals surface area contributed by atoms with E-state index in [9.17, 15) is 4.79 Å². The first-order valence-electron chi connectivity index (χ1n) is 7.27. The van der Waals surface area contributed by atoms with Gasteiger partial charge in [-0.15, -0.1) is 0 Å². The first-order chi connectivity index (χ1) is 11.3. The van der Waals surface area contributed by atoms with Gasteiger partial charge >= 0.3 is 0 Å². The molecule has 1 aromatic heterocycles. The second-order valence-corrected chi connectivity index (χ2v) is 4.81. The second-order valence-electron chi connectivity index (χ2n) is 4.81. The van der Waals surface area contributed by atoms with Gasteiger partial charge in [0, 0.05) is 0 Å². The van der Waals surface area contributed by atoms with Gasteiger partial charge in [-0.2, -0.15) is 5.10 Å². The SMILES string of the molecule is CCOc1cccc(/C=N\Nc2nc3ccccc3c(=O)[nH]2)c1. The van der Waals surface area contributed by atoms with E-state index in [4.69, 9.17) is 4.74 Å². The molecule has 0 bridgehead atoms. The minimum absolute atomic E-state index is 0.202. The van der Waals surface area contributed by atoms with Crippen LogP contribution in [0.4, 0.5) is 5.95 Å². The van der Waals surface area contributed by atoms with Crippen LogP contribution in [0.3, 0.4) is 0 Å². The van der Waals surface area contributed by atoms with Gasteiger partial charge in [-0.1, -0.05) is 24.3 Å². The van der Waals surface area contributed by atoms with Crippen molar-refractivity contribution in [1.82, 2.24) is 9.97 Å². The fourth-order valence-corrected chi connectivity index (χ4v) is 2.16. The number of anilines is 1. The molecule has 2 N–H and O–H groups in total. The Morgan fingerprint density at radius 1 is 1.26 bits per heavy atom. The van der Waals surface area contributed by atoms with Gasteiger partial charge in [0.15, 0.2) is 0 Å². The molecule has 0 aliphatic heterocycles. The van der Waals surface area contributed by atoms with Gasteiger partial charge in [0.2, 0.25) is 5.95 Å². The zero-order valence-electron chi connectivity index (χ0n) is 12.6. The summed E-state index contributed by atoms with van der Waals surface area (Å²) in [5, 5.41) is 4.65. The van der Waals surface area contributed by atoms with Crippen molar-refractivity contribution < 1.29 is 4.74 Å². The number of rotatable bonds is 5. The number of hydrogen-bond donors (Lipinski definition) is 2. The lowest BCUT2D eigenvalue weighted by atomic mass is 10.2. The number of hydrazone groups is 1. The van der Waals surface area contributed by atoms with Crippen LogP contribution in [0, 0.1) is 0 Å². The van der Waals surface area contributed by atoms with Crippen LogP contribution in [-0.4, -0.2) is 22.8 Å². The molecule has 0 amide bonds. The Kier molecular flexibility index (Phi) is 4.33. The average molecular weight is 308 g/mol. The van der Waals surface area contributed by atoms with Crippen LogP contribution in [0.1, 0.15) is 12.5 Å². The third-order valence-electron chi connectivity index (χ3n) is 3.17. The summed E-state index contributed by atoms with van der Waals surface area (Å²) in [5.41, 5.74) is 4.04. The van der Waals surface area contributed by atoms with Crippen LogP contribution in [0.2, 0.25) is 0 Å². The zero-order chi connectivity index (χ0) is 16.1. The Hall–Kier alpha value is -3.15. The Bertz CT molecular complexity index is 902. The molecule has 2 aromatic carbocycles. The molecular formula is C17H16N4O2. The Labute approximate surface area is 132 Å². The highest BCUT2D eigenvalue weighted by Crippen LogP contribution is 2.12. The molecule has 0 spiro atoms. The lowest BCUT2D eigenvalue weighted by Gasteiger charge is -2.03. The van der Waals surface area contributed by atoms with Gasteiger partial charge in [0.1, 0.15) is 5.75 Å². The van der Waals surface area contributed by atoms with E-state index < -0.39 is 0 Å². The Balaban J connectivity index is 1.77. The van der Waals surface area contributed by atoms with E-state index in [1.165, 1.54) is 0 Å². The summed E-state index contributed by atoms with van der Waals surface area (Å²) >= 11 is 0. The predicted molar refractivity (Wildman–Crippen MR) is 91.2 cm³/mol. The molecule has 0 aliphatic rings. The molecule has 116 valence electrons. The largest absolute Gasteiger partial charge is 0.494 e. The summed E-state index contributed by atoms with van der Waals surface area (Å²) in [6, 6.07) is 14.7. The molecule has 0 radical (unpaired) electrons. The zero-order valence-corrected chi connectivity index (χ0v) is 12.6. The number of ether oxygens (including phenoxy) is 1. The van der Waals surface area contributed by atoms with Gasteiger partial charge in [-0.25, -0.2) is 10.4 Å². The van der Waals surface area contributed by atoms with Gasteiger partial charge in [0.25, 0.3) is 5.56 Å². The van der Waals surface area contributed by atoms with E-state index in [1.807, 2.05) is 37.3 Å². The smallest absolute Gasteiger partial charge is 0.260 e. The van der Waals surface area contributed by atoms with Crippen LogP contribution < -0.4 is 15.7 Å². The number of nitrogens with zero attached hydrogens (tertiary/aromatic N) is 2. The summed E-state index contributed by atoms with van der Waals surface area (Å²) in [6.07, 6.45) is 1.64. The molecule has 0 unspecified atom stereocenters. The molecule has 0 atom stereocenters. The molecule has 3 aromatic rings. The van der Waals surface area contributed by atoms with Crippen molar-refractivity contribution in [2.75, 3.05) is 12.0 Å². The highest BCUT2D eigenvalue weighted by atomic mass is 16.5. The molecular weight excluding hydrogens is 292 g/mol. The molecule has 0 saturated heterocycles. The maximum atomic E-state index is 11.9. The van der Waals surface area contributed by atoms with Gasteiger partial charge in [-0.3, -0.25) is 9.78 Å². The van der Waals surface area contributed by atoms with Gasteiger partial charge < -0.3 is 4.74 Å². The van der Waals surface area contributed by atoms with Crippen LogP contribution in [0.25, 0.3) is 10.9 Å². The highest BCUT2D eigenvalue weighted by Gasteiger charge is 2.01. The van der Waals surface area contributed by atoms with Crippen molar-refractivity contribution in [3.63, 3.8) is 0 Å². The van der Waals surface area contributed by atoms with E-state index in [-0.39, 0.29) is 5.56 Å². The number of aromatic nitrogens is 2. The standard InChI is InChI=1S/C17H16N4O2/c1-2-23-13-7-5-6-12(10-13)11-18-21-17-19-15-9-4-3-8-14(15)16(22)20-17/h3-11H,2H2,1H3,(H2,19,20,21,22)/b18-11-. The fraction of sp³-hybridized carbons (Fsp3) is 0.118. The third kappa shape index (κ3) is 3.55. The van der Waals surface area contributed by atoms with E-state index in [2.05, 4.69) is 20.5 Å². The van der Waals surface area contributed by atoms with Crippen LogP contribution >= 0.6 is 0 Å². The molecule has 0 saturated carbocycles. The molecule has 6 heteroatoms. The lowest BCUT2D eigenvalue weighted by molar-refractivity contribution is 0.340. The molecule has 23 heavy (non-hydrogen) atoms. The molecule has 0 fully saturated rings. The predicted octanol–water partition coefficient (Wildman–Crippen LogP) is 2.77. The van der Waals surface area contributed by atoms with Gasteiger partial charge in [0.05, 0.1) is 23.7 Å². The summed E-state index contributed by atoms with van der Waals surface area (Å²) in [7, 11) is 0. The van der Waals surface area contributed by atoms with Crippen molar-refractivity contribution in [2.24, 2.45) is 5.10 Å². The maximum Gasteiger partial charge on any atom is 0.260 e.